The molecule has 0 unspecified atom stereocenters. The van der Waals surface area contributed by atoms with Gasteiger partial charge in [-0.15, -0.1) is 11.3 Å². The first-order chi connectivity index (χ1) is 14.0. The van der Waals surface area contributed by atoms with Gasteiger partial charge >= 0.3 is 0 Å². The lowest BCUT2D eigenvalue weighted by Gasteiger charge is -2.29. The van der Waals surface area contributed by atoms with Crippen LogP contribution in [-0.2, 0) is 9.59 Å². The molecule has 0 radical (unpaired) electrons. The number of amides is 2. The Labute approximate surface area is 180 Å². The highest BCUT2D eigenvalue weighted by Crippen LogP contribution is 2.32. The quantitative estimate of drug-likeness (QED) is 0.588. The van der Waals surface area contributed by atoms with Crippen molar-refractivity contribution < 1.29 is 14.3 Å². The van der Waals surface area contributed by atoms with Gasteiger partial charge in [0.15, 0.2) is 11.7 Å². The van der Waals surface area contributed by atoms with E-state index in [0.29, 0.717) is 16.6 Å². The standard InChI is InChI=1S/C21H18BrN3O3S/c1-13-20(14-6-8-15(22)9-7-14)24-21(29-13)23-18(26)10-11-25-16-4-2-3-5-17(16)28-12-19(25)27/h2-9H,10-12H2,1H3,(H,23,24,26). The topological polar surface area (TPSA) is 71.5 Å². The normalized spacial score (nSPS) is 13.0. The Bertz CT molecular complexity index is 1070. The van der Waals surface area contributed by atoms with Crippen molar-refractivity contribution in [2.75, 3.05) is 23.4 Å². The molecular weight excluding hydrogens is 454 g/mol. The molecule has 29 heavy (non-hydrogen) atoms. The van der Waals surface area contributed by atoms with Crippen LogP contribution in [0, 0.1) is 6.92 Å². The molecule has 0 fully saturated rings. The van der Waals surface area contributed by atoms with Crippen molar-refractivity contribution in [3.63, 3.8) is 0 Å². The number of aromatic nitrogens is 1. The van der Waals surface area contributed by atoms with Gasteiger partial charge in [-0.2, -0.15) is 0 Å². The molecule has 0 saturated heterocycles. The maximum absolute atomic E-state index is 12.5. The Hall–Kier alpha value is -2.71. The smallest absolute Gasteiger partial charge is 0.265 e. The van der Waals surface area contributed by atoms with Gasteiger partial charge in [-0.05, 0) is 31.2 Å². The largest absolute Gasteiger partial charge is 0.482 e. The third kappa shape index (κ3) is 4.33. The fraction of sp³-hybridized carbons (Fsp3) is 0.190. The van der Waals surface area contributed by atoms with E-state index in [9.17, 15) is 9.59 Å². The van der Waals surface area contributed by atoms with E-state index in [1.54, 1.807) is 4.90 Å². The molecule has 2 heterocycles. The van der Waals surface area contributed by atoms with Crippen LogP contribution in [0.2, 0.25) is 0 Å². The predicted molar refractivity (Wildman–Crippen MR) is 118 cm³/mol. The Kier molecular flexibility index (Phi) is 5.64. The van der Waals surface area contributed by atoms with Gasteiger partial charge in [0.2, 0.25) is 5.91 Å². The summed E-state index contributed by atoms with van der Waals surface area (Å²) in [6, 6.07) is 15.2. The van der Waals surface area contributed by atoms with E-state index in [1.165, 1.54) is 11.3 Å². The Morgan fingerprint density at radius 3 is 2.79 bits per heavy atom. The highest BCUT2D eigenvalue weighted by atomic mass is 79.9. The molecule has 1 aliphatic rings. The first-order valence-corrected chi connectivity index (χ1v) is 10.7. The Morgan fingerprint density at radius 1 is 1.24 bits per heavy atom. The minimum atomic E-state index is -0.183. The molecule has 0 spiro atoms. The van der Waals surface area contributed by atoms with Crippen molar-refractivity contribution in [2.45, 2.75) is 13.3 Å². The molecule has 1 N–H and O–H groups in total. The summed E-state index contributed by atoms with van der Waals surface area (Å²) in [4.78, 5) is 31.9. The van der Waals surface area contributed by atoms with E-state index in [2.05, 4.69) is 26.2 Å². The van der Waals surface area contributed by atoms with Gasteiger partial charge in [0.1, 0.15) is 5.75 Å². The number of aryl methyl sites for hydroxylation is 1. The summed E-state index contributed by atoms with van der Waals surface area (Å²) >= 11 is 4.87. The monoisotopic (exact) mass is 471 g/mol. The maximum Gasteiger partial charge on any atom is 0.265 e. The fourth-order valence-corrected chi connectivity index (χ4v) is 4.24. The average molecular weight is 472 g/mol. The highest BCUT2D eigenvalue weighted by Gasteiger charge is 2.25. The molecule has 0 aliphatic carbocycles. The lowest BCUT2D eigenvalue weighted by Crippen LogP contribution is -2.40. The van der Waals surface area contributed by atoms with Crippen LogP contribution in [0.15, 0.2) is 53.0 Å². The van der Waals surface area contributed by atoms with Crippen molar-refractivity contribution >= 4 is 49.9 Å². The van der Waals surface area contributed by atoms with Gasteiger partial charge in [0.25, 0.3) is 5.91 Å². The van der Waals surface area contributed by atoms with Crippen LogP contribution in [0.3, 0.4) is 0 Å². The van der Waals surface area contributed by atoms with Crippen molar-refractivity contribution in [3.05, 3.63) is 57.9 Å². The van der Waals surface area contributed by atoms with E-state index in [1.807, 2.05) is 55.5 Å². The molecule has 6 nitrogen and oxygen atoms in total. The van der Waals surface area contributed by atoms with Crippen LogP contribution in [-0.4, -0.2) is 29.9 Å². The summed E-state index contributed by atoms with van der Waals surface area (Å²) in [5.41, 5.74) is 2.55. The summed E-state index contributed by atoms with van der Waals surface area (Å²) in [6.45, 7) is 2.25. The number of anilines is 2. The van der Waals surface area contributed by atoms with E-state index in [4.69, 9.17) is 4.74 Å². The maximum atomic E-state index is 12.5. The highest BCUT2D eigenvalue weighted by molar-refractivity contribution is 9.10. The molecule has 8 heteroatoms. The van der Waals surface area contributed by atoms with Crippen LogP contribution in [0.25, 0.3) is 11.3 Å². The number of carbonyl (C=O) groups is 2. The molecule has 1 aliphatic heterocycles. The molecule has 2 aromatic carbocycles. The number of halogens is 1. The lowest BCUT2D eigenvalue weighted by atomic mass is 10.1. The van der Waals surface area contributed by atoms with E-state index >= 15 is 0 Å². The molecule has 4 rings (SSSR count). The first-order valence-electron chi connectivity index (χ1n) is 9.06. The minimum absolute atomic E-state index is 0.0130. The van der Waals surface area contributed by atoms with Crippen molar-refractivity contribution in [1.29, 1.82) is 0 Å². The summed E-state index contributed by atoms with van der Waals surface area (Å²) < 4.78 is 6.43. The SMILES string of the molecule is Cc1sc(NC(=O)CCN2C(=O)COc3ccccc32)nc1-c1ccc(Br)cc1. The Balaban J connectivity index is 1.41. The van der Waals surface area contributed by atoms with E-state index in [0.717, 1.165) is 20.6 Å². The number of rotatable bonds is 5. The number of fused-ring (bicyclic) bond motifs is 1. The molecular formula is C21H18BrN3O3S. The molecule has 148 valence electrons. The van der Waals surface area contributed by atoms with E-state index < -0.39 is 0 Å². The minimum Gasteiger partial charge on any atom is -0.482 e. The van der Waals surface area contributed by atoms with Gasteiger partial charge in [-0.1, -0.05) is 40.2 Å². The molecule has 0 bridgehead atoms. The van der Waals surface area contributed by atoms with Crippen molar-refractivity contribution in [3.8, 4) is 17.0 Å². The van der Waals surface area contributed by atoms with Crippen LogP contribution in [0.5, 0.6) is 5.75 Å². The number of thiazole rings is 1. The fourth-order valence-electron chi connectivity index (χ4n) is 3.12. The lowest BCUT2D eigenvalue weighted by molar-refractivity contribution is -0.121. The van der Waals surface area contributed by atoms with Crippen LogP contribution in [0.1, 0.15) is 11.3 Å². The van der Waals surface area contributed by atoms with Crippen LogP contribution < -0.4 is 15.0 Å². The number of carbonyl (C=O) groups excluding carboxylic acids is 2. The summed E-state index contributed by atoms with van der Waals surface area (Å²) in [5.74, 6) is 0.319. The molecule has 1 aromatic heterocycles. The second-order valence-corrected chi connectivity index (χ2v) is 8.65. The first kappa shape index (κ1) is 19.6. The zero-order valence-electron chi connectivity index (χ0n) is 15.6. The zero-order valence-corrected chi connectivity index (χ0v) is 18.0. The third-order valence-corrected chi connectivity index (χ3v) is 5.95. The van der Waals surface area contributed by atoms with Crippen molar-refractivity contribution in [2.24, 2.45) is 0 Å². The number of nitrogens with one attached hydrogen (secondary N) is 1. The number of benzene rings is 2. The predicted octanol–water partition coefficient (Wildman–Crippen LogP) is 4.64. The van der Waals surface area contributed by atoms with Gasteiger partial charge in [-0.25, -0.2) is 4.98 Å². The van der Waals surface area contributed by atoms with Gasteiger partial charge in [0, 0.05) is 27.9 Å². The average Bonchev–Trinajstić information content (AvgIpc) is 3.07. The number of ether oxygens (including phenoxy) is 1. The van der Waals surface area contributed by atoms with Crippen molar-refractivity contribution in [1.82, 2.24) is 4.98 Å². The van der Waals surface area contributed by atoms with Crippen LogP contribution in [0.4, 0.5) is 10.8 Å². The number of para-hydroxylation sites is 2. The number of hydrogen-bond donors (Lipinski definition) is 1. The molecule has 0 atom stereocenters. The summed E-state index contributed by atoms with van der Waals surface area (Å²) in [7, 11) is 0. The summed E-state index contributed by atoms with van der Waals surface area (Å²) in [6.07, 6.45) is 0.173. The van der Waals surface area contributed by atoms with E-state index in [-0.39, 0.29) is 31.4 Å². The second-order valence-electron chi connectivity index (χ2n) is 6.53. The molecule has 2 amide bonds. The van der Waals surface area contributed by atoms with Gasteiger partial charge < -0.3 is 15.0 Å². The van der Waals surface area contributed by atoms with Gasteiger partial charge in [0.05, 0.1) is 11.4 Å². The molecule has 0 saturated carbocycles. The number of nitrogens with zero attached hydrogens (tertiary/aromatic N) is 2. The number of hydrogen-bond acceptors (Lipinski definition) is 5. The zero-order chi connectivity index (χ0) is 20.4. The summed E-state index contributed by atoms with van der Waals surface area (Å²) in [5, 5.41) is 3.41. The molecule has 3 aromatic rings. The Morgan fingerprint density at radius 2 is 2.00 bits per heavy atom. The second kappa shape index (κ2) is 8.34. The van der Waals surface area contributed by atoms with Gasteiger partial charge in [-0.3, -0.25) is 9.59 Å². The van der Waals surface area contributed by atoms with Crippen LogP contribution >= 0.6 is 27.3 Å². The third-order valence-electron chi connectivity index (χ3n) is 4.53.